The van der Waals surface area contributed by atoms with Crippen molar-refractivity contribution < 1.29 is 4.79 Å². The van der Waals surface area contributed by atoms with Gasteiger partial charge in [-0.05, 0) is 44.2 Å². The molecule has 1 atom stereocenters. The maximum atomic E-state index is 13.0. The van der Waals surface area contributed by atoms with Gasteiger partial charge in [0.2, 0.25) is 5.91 Å². The molecule has 1 aliphatic rings. The van der Waals surface area contributed by atoms with Crippen LogP contribution in [0.3, 0.4) is 0 Å². The number of aryl methyl sites for hydroxylation is 1. The molecule has 1 aliphatic heterocycles. The normalized spacial score (nSPS) is 18.4. The van der Waals surface area contributed by atoms with Crippen LogP contribution >= 0.6 is 11.3 Å². The molecule has 0 radical (unpaired) electrons. The fourth-order valence-corrected chi connectivity index (χ4v) is 3.92. The Morgan fingerprint density at radius 2 is 2.26 bits per heavy atom. The van der Waals surface area contributed by atoms with Gasteiger partial charge in [0.25, 0.3) is 5.56 Å². The molecule has 1 amide bonds. The summed E-state index contributed by atoms with van der Waals surface area (Å²) in [7, 11) is 0. The summed E-state index contributed by atoms with van der Waals surface area (Å²) in [5.41, 5.74) is 0.394. The minimum atomic E-state index is -0.531. The van der Waals surface area contributed by atoms with Gasteiger partial charge in [-0.25, -0.2) is 4.98 Å². The number of hydrogen-bond donors (Lipinski definition) is 1. The number of nitrogens with zero attached hydrogens (tertiary/aromatic N) is 2. The van der Waals surface area contributed by atoms with Crippen LogP contribution < -0.4 is 5.56 Å². The Hall–Kier alpha value is -1.95. The Bertz CT molecular complexity index is 778. The lowest BCUT2D eigenvalue weighted by Crippen LogP contribution is -2.42. The molecule has 1 unspecified atom stereocenters. The molecule has 0 spiro atoms. The number of H-pyrrole nitrogens is 1. The van der Waals surface area contributed by atoms with Crippen LogP contribution in [0.1, 0.15) is 42.5 Å². The average Bonchev–Trinajstić information content (AvgIpc) is 3.15. The average molecular weight is 331 g/mol. The highest BCUT2D eigenvalue weighted by atomic mass is 32.1. The van der Waals surface area contributed by atoms with Crippen LogP contribution in [0.2, 0.25) is 0 Å². The molecule has 23 heavy (non-hydrogen) atoms. The number of carbonyl (C=O) groups excluding carboxylic acids is 1. The fourth-order valence-electron chi connectivity index (χ4n) is 3.05. The number of amides is 1. The number of aromatic nitrogens is 2. The molecule has 0 saturated carbocycles. The minimum Gasteiger partial charge on any atom is -0.341 e. The molecule has 0 aliphatic carbocycles. The van der Waals surface area contributed by atoms with Crippen molar-refractivity contribution in [3.05, 3.63) is 50.3 Å². The summed E-state index contributed by atoms with van der Waals surface area (Å²) in [6, 6.07) is 3.50. The summed E-state index contributed by atoms with van der Waals surface area (Å²) < 4.78 is 0. The third kappa shape index (κ3) is 3.08. The van der Waals surface area contributed by atoms with Crippen LogP contribution in [0.15, 0.2) is 28.5 Å². The number of aromatic amines is 1. The molecule has 3 heterocycles. The molecule has 5 nitrogen and oxygen atoms in total. The zero-order valence-corrected chi connectivity index (χ0v) is 14.4. The lowest BCUT2D eigenvalue weighted by atomic mass is 9.85. The molecule has 3 rings (SSSR count). The molecule has 0 aromatic carbocycles. The standard InChI is InChI=1S/C17H21N3O2S/c1-11-8-13(10-23-11)17(2,3)16(22)20-7-5-12(9-20)15-18-6-4-14(21)19-15/h4,6,8,10,12H,5,7,9H2,1-3H3,(H,18,19,21). The zero-order valence-electron chi connectivity index (χ0n) is 13.6. The molecule has 2 aromatic rings. The van der Waals surface area contributed by atoms with Gasteiger partial charge in [-0.2, -0.15) is 0 Å². The van der Waals surface area contributed by atoms with E-state index in [0.29, 0.717) is 18.9 Å². The van der Waals surface area contributed by atoms with Crippen LogP contribution in [0.25, 0.3) is 0 Å². The van der Waals surface area contributed by atoms with Gasteiger partial charge in [0, 0.05) is 36.1 Å². The van der Waals surface area contributed by atoms with E-state index in [-0.39, 0.29) is 17.4 Å². The first-order valence-electron chi connectivity index (χ1n) is 7.78. The predicted molar refractivity (Wildman–Crippen MR) is 90.9 cm³/mol. The topological polar surface area (TPSA) is 66.1 Å². The molecular weight excluding hydrogens is 310 g/mol. The third-order valence-corrected chi connectivity index (χ3v) is 5.40. The second-order valence-electron chi connectivity index (χ2n) is 6.63. The first kappa shape index (κ1) is 15.9. The van der Waals surface area contributed by atoms with E-state index < -0.39 is 5.41 Å². The second kappa shape index (κ2) is 5.92. The first-order chi connectivity index (χ1) is 10.9. The van der Waals surface area contributed by atoms with Gasteiger partial charge in [0.15, 0.2) is 0 Å². The number of hydrogen-bond acceptors (Lipinski definition) is 4. The molecule has 122 valence electrons. The van der Waals surface area contributed by atoms with Gasteiger partial charge >= 0.3 is 0 Å². The highest BCUT2D eigenvalue weighted by Crippen LogP contribution is 2.33. The summed E-state index contributed by atoms with van der Waals surface area (Å²) in [5, 5.41) is 2.07. The maximum Gasteiger partial charge on any atom is 0.250 e. The number of likely N-dealkylation sites (tertiary alicyclic amines) is 1. The van der Waals surface area contributed by atoms with E-state index in [1.165, 1.54) is 17.1 Å². The fraction of sp³-hybridized carbons (Fsp3) is 0.471. The van der Waals surface area contributed by atoms with Crippen molar-refractivity contribution in [2.24, 2.45) is 0 Å². The van der Waals surface area contributed by atoms with E-state index >= 15 is 0 Å². The molecule has 2 aromatic heterocycles. The summed E-state index contributed by atoms with van der Waals surface area (Å²) in [6.07, 6.45) is 2.36. The van der Waals surface area contributed by atoms with Crippen LogP contribution in [-0.2, 0) is 10.2 Å². The van der Waals surface area contributed by atoms with Crippen LogP contribution in [0, 0.1) is 6.92 Å². The van der Waals surface area contributed by atoms with E-state index in [1.54, 1.807) is 11.3 Å². The van der Waals surface area contributed by atoms with E-state index in [1.807, 2.05) is 18.7 Å². The highest BCUT2D eigenvalue weighted by molar-refractivity contribution is 7.10. The minimum absolute atomic E-state index is 0.105. The monoisotopic (exact) mass is 331 g/mol. The number of thiophene rings is 1. The second-order valence-corrected chi connectivity index (χ2v) is 7.74. The largest absolute Gasteiger partial charge is 0.341 e. The van der Waals surface area contributed by atoms with Crippen molar-refractivity contribution in [1.29, 1.82) is 0 Å². The van der Waals surface area contributed by atoms with Gasteiger partial charge in [-0.1, -0.05) is 0 Å². The summed E-state index contributed by atoms with van der Waals surface area (Å²) in [6.45, 7) is 7.32. The molecule has 1 fully saturated rings. The zero-order chi connectivity index (χ0) is 16.6. The summed E-state index contributed by atoms with van der Waals surface area (Å²) in [5.74, 6) is 0.918. The van der Waals surface area contributed by atoms with E-state index in [9.17, 15) is 9.59 Å². The number of rotatable bonds is 3. The van der Waals surface area contributed by atoms with Crippen LogP contribution in [0.5, 0.6) is 0 Å². The number of carbonyl (C=O) groups is 1. The quantitative estimate of drug-likeness (QED) is 0.939. The first-order valence-corrected chi connectivity index (χ1v) is 8.66. The van der Waals surface area contributed by atoms with Gasteiger partial charge in [-0.15, -0.1) is 11.3 Å². The molecule has 0 bridgehead atoms. The summed E-state index contributed by atoms with van der Waals surface area (Å²) in [4.78, 5) is 34.5. The van der Waals surface area contributed by atoms with E-state index in [4.69, 9.17) is 0 Å². The Kier molecular flexibility index (Phi) is 4.10. The Morgan fingerprint density at radius 1 is 1.48 bits per heavy atom. The Balaban J connectivity index is 1.76. The number of nitrogens with one attached hydrogen (secondary N) is 1. The highest BCUT2D eigenvalue weighted by Gasteiger charge is 2.38. The Labute approximate surface area is 139 Å². The van der Waals surface area contributed by atoms with Crippen molar-refractivity contribution in [3.63, 3.8) is 0 Å². The lowest BCUT2D eigenvalue weighted by molar-refractivity contribution is -0.135. The summed E-state index contributed by atoms with van der Waals surface area (Å²) >= 11 is 1.67. The molecule has 1 saturated heterocycles. The molecule has 1 N–H and O–H groups in total. The van der Waals surface area contributed by atoms with E-state index in [0.717, 1.165) is 12.0 Å². The van der Waals surface area contributed by atoms with Crippen LogP contribution in [-0.4, -0.2) is 33.9 Å². The van der Waals surface area contributed by atoms with Crippen molar-refractivity contribution >= 4 is 17.2 Å². The lowest BCUT2D eigenvalue weighted by Gasteiger charge is -2.29. The SMILES string of the molecule is Cc1cc(C(C)(C)C(=O)N2CCC(c3nccc(=O)[nH]3)C2)cs1. The Morgan fingerprint density at radius 3 is 2.91 bits per heavy atom. The predicted octanol–water partition coefficient (Wildman–Crippen LogP) is 2.43. The van der Waals surface area contributed by atoms with Gasteiger partial charge < -0.3 is 9.88 Å². The van der Waals surface area contributed by atoms with E-state index in [2.05, 4.69) is 28.3 Å². The van der Waals surface area contributed by atoms with Gasteiger partial charge in [0.1, 0.15) is 5.82 Å². The van der Waals surface area contributed by atoms with Gasteiger partial charge in [-0.3, -0.25) is 9.59 Å². The molecular formula is C17H21N3O2S. The van der Waals surface area contributed by atoms with Crippen molar-refractivity contribution in [2.45, 2.75) is 38.5 Å². The van der Waals surface area contributed by atoms with Crippen LogP contribution in [0.4, 0.5) is 0 Å². The van der Waals surface area contributed by atoms with Gasteiger partial charge in [0.05, 0.1) is 5.41 Å². The van der Waals surface area contributed by atoms with Crippen molar-refractivity contribution in [2.75, 3.05) is 13.1 Å². The third-order valence-electron chi connectivity index (χ3n) is 4.54. The smallest absolute Gasteiger partial charge is 0.250 e. The maximum absolute atomic E-state index is 13.0. The molecule has 6 heteroatoms. The van der Waals surface area contributed by atoms with Crippen molar-refractivity contribution in [1.82, 2.24) is 14.9 Å². The van der Waals surface area contributed by atoms with Crippen molar-refractivity contribution in [3.8, 4) is 0 Å².